The van der Waals surface area contributed by atoms with Gasteiger partial charge in [0.15, 0.2) is 0 Å². The summed E-state index contributed by atoms with van der Waals surface area (Å²) in [5.41, 5.74) is 2.22. The van der Waals surface area contributed by atoms with E-state index >= 15 is 0 Å². The number of aliphatic hydroxyl groups is 1. The second kappa shape index (κ2) is 7.78. The normalized spacial score (nSPS) is 12.0. The molecule has 0 bridgehead atoms. The summed E-state index contributed by atoms with van der Waals surface area (Å²) in [6, 6.07) is 16.6. The Morgan fingerprint density at radius 2 is 1.88 bits per heavy atom. The number of hydrogen-bond acceptors (Lipinski definition) is 4. The monoisotopic (exact) mass is 372 g/mol. The second-order valence-corrected chi connectivity index (χ2v) is 6.96. The van der Waals surface area contributed by atoms with Crippen molar-refractivity contribution in [3.05, 3.63) is 75.8 Å². The maximum atomic E-state index is 12.4. The molecule has 3 aromatic rings. The number of rotatable bonds is 5. The zero-order chi connectivity index (χ0) is 17.8. The molecule has 0 saturated heterocycles. The molecule has 0 aliphatic heterocycles. The lowest BCUT2D eigenvalue weighted by molar-refractivity contribution is 0.0919. The molecule has 0 saturated carbocycles. The zero-order valence-electron chi connectivity index (χ0n) is 13.6. The lowest BCUT2D eigenvalue weighted by Crippen LogP contribution is -2.28. The van der Waals surface area contributed by atoms with E-state index in [4.69, 9.17) is 11.6 Å². The standard InChI is InChI=1S/C19H17ClN2O2S/c1-12-17(25-19(22-12)14-9-5-6-10-15(14)20)18(24)21-11-16(23)13-7-3-2-4-8-13/h2-10,16,23H,11H2,1H3,(H,21,24). The first-order chi connectivity index (χ1) is 12.1. The van der Waals surface area contributed by atoms with Crippen LogP contribution in [0.4, 0.5) is 0 Å². The molecule has 1 amide bonds. The van der Waals surface area contributed by atoms with Crippen LogP contribution in [0, 0.1) is 6.92 Å². The predicted molar refractivity (Wildman–Crippen MR) is 101 cm³/mol. The molecule has 4 nitrogen and oxygen atoms in total. The molecule has 0 aliphatic carbocycles. The highest BCUT2D eigenvalue weighted by molar-refractivity contribution is 7.17. The van der Waals surface area contributed by atoms with Crippen molar-refractivity contribution in [1.82, 2.24) is 10.3 Å². The molecule has 1 unspecified atom stereocenters. The van der Waals surface area contributed by atoms with E-state index in [0.717, 1.165) is 11.1 Å². The van der Waals surface area contributed by atoms with E-state index in [9.17, 15) is 9.90 Å². The largest absolute Gasteiger partial charge is 0.387 e. The lowest BCUT2D eigenvalue weighted by Gasteiger charge is -2.11. The average Bonchev–Trinajstić information content (AvgIpc) is 3.02. The van der Waals surface area contributed by atoms with Crippen molar-refractivity contribution < 1.29 is 9.90 Å². The zero-order valence-corrected chi connectivity index (χ0v) is 15.1. The Kier molecular flexibility index (Phi) is 5.48. The molecule has 2 aromatic carbocycles. The number of aliphatic hydroxyl groups excluding tert-OH is 1. The van der Waals surface area contributed by atoms with Gasteiger partial charge in [0.05, 0.1) is 16.8 Å². The van der Waals surface area contributed by atoms with Crippen LogP contribution in [0.25, 0.3) is 10.6 Å². The van der Waals surface area contributed by atoms with Crippen molar-refractivity contribution in [1.29, 1.82) is 0 Å². The summed E-state index contributed by atoms with van der Waals surface area (Å²) < 4.78 is 0. The Balaban J connectivity index is 1.72. The highest BCUT2D eigenvalue weighted by atomic mass is 35.5. The Labute approximate surface area is 155 Å². The molecule has 0 radical (unpaired) electrons. The molecule has 2 N–H and O–H groups in total. The highest BCUT2D eigenvalue weighted by Gasteiger charge is 2.18. The molecule has 0 aliphatic rings. The summed E-state index contributed by atoms with van der Waals surface area (Å²) in [5.74, 6) is -0.247. The molecule has 25 heavy (non-hydrogen) atoms. The Hall–Kier alpha value is -2.21. The van der Waals surface area contributed by atoms with Gasteiger partial charge < -0.3 is 10.4 Å². The number of aryl methyl sites for hydroxylation is 1. The quantitative estimate of drug-likeness (QED) is 0.704. The SMILES string of the molecule is Cc1nc(-c2ccccc2Cl)sc1C(=O)NCC(O)c1ccccc1. The van der Waals surface area contributed by atoms with Crippen LogP contribution in [0.2, 0.25) is 5.02 Å². The van der Waals surface area contributed by atoms with Crippen LogP contribution in [0.15, 0.2) is 54.6 Å². The van der Waals surface area contributed by atoms with Gasteiger partial charge in [0.2, 0.25) is 0 Å². The van der Waals surface area contributed by atoms with Crippen LogP contribution >= 0.6 is 22.9 Å². The third-order valence-electron chi connectivity index (χ3n) is 3.75. The first kappa shape index (κ1) is 17.6. The summed E-state index contributed by atoms with van der Waals surface area (Å²) in [6.45, 7) is 1.93. The van der Waals surface area contributed by atoms with Crippen LogP contribution in [-0.4, -0.2) is 22.5 Å². The fourth-order valence-corrected chi connectivity index (χ4v) is 3.72. The lowest BCUT2D eigenvalue weighted by atomic mass is 10.1. The number of nitrogens with one attached hydrogen (secondary N) is 1. The number of halogens is 1. The summed E-state index contributed by atoms with van der Waals surface area (Å²) in [6.07, 6.45) is -0.749. The minimum absolute atomic E-state index is 0.140. The van der Waals surface area contributed by atoms with Gasteiger partial charge in [-0.1, -0.05) is 60.1 Å². The van der Waals surface area contributed by atoms with Crippen LogP contribution in [0.1, 0.15) is 27.0 Å². The summed E-state index contributed by atoms with van der Waals surface area (Å²) in [4.78, 5) is 17.4. The number of carbonyl (C=O) groups excluding carboxylic acids is 1. The minimum Gasteiger partial charge on any atom is -0.387 e. The second-order valence-electron chi connectivity index (χ2n) is 5.55. The molecular weight excluding hydrogens is 356 g/mol. The summed E-state index contributed by atoms with van der Waals surface area (Å²) >= 11 is 7.50. The number of benzene rings is 2. The minimum atomic E-state index is -0.749. The molecule has 3 rings (SSSR count). The molecule has 0 spiro atoms. The molecule has 0 fully saturated rings. The van der Waals surface area contributed by atoms with E-state index in [1.54, 1.807) is 13.0 Å². The number of aromatic nitrogens is 1. The fraction of sp³-hybridized carbons (Fsp3) is 0.158. The van der Waals surface area contributed by atoms with Crippen LogP contribution < -0.4 is 5.32 Å². The molecule has 1 atom stereocenters. The molecule has 6 heteroatoms. The van der Waals surface area contributed by atoms with Gasteiger partial charge >= 0.3 is 0 Å². The van der Waals surface area contributed by atoms with Crippen molar-refractivity contribution >= 4 is 28.8 Å². The maximum Gasteiger partial charge on any atom is 0.263 e. The smallest absolute Gasteiger partial charge is 0.263 e. The van der Waals surface area contributed by atoms with Gasteiger partial charge in [-0.2, -0.15) is 0 Å². The van der Waals surface area contributed by atoms with Crippen LogP contribution in [0.3, 0.4) is 0 Å². The Bertz CT molecular complexity index is 880. The van der Waals surface area contributed by atoms with Crippen molar-refractivity contribution in [3.63, 3.8) is 0 Å². The van der Waals surface area contributed by atoms with E-state index in [2.05, 4.69) is 10.3 Å². The van der Waals surface area contributed by atoms with Gasteiger partial charge in [-0.05, 0) is 18.6 Å². The van der Waals surface area contributed by atoms with Gasteiger partial charge in [-0.15, -0.1) is 11.3 Å². The van der Waals surface area contributed by atoms with Crippen LogP contribution in [0.5, 0.6) is 0 Å². The Morgan fingerprint density at radius 3 is 2.60 bits per heavy atom. The highest BCUT2D eigenvalue weighted by Crippen LogP contribution is 2.32. The number of hydrogen-bond donors (Lipinski definition) is 2. The van der Waals surface area contributed by atoms with Crippen molar-refractivity contribution in [3.8, 4) is 10.6 Å². The Morgan fingerprint density at radius 1 is 1.20 bits per heavy atom. The number of carbonyl (C=O) groups is 1. The van der Waals surface area contributed by atoms with Crippen molar-refractivity contribution in [2.24, 2.45) is 0 Å². The summed E-state index contributed by atoms with van der Waals surface area (Å²) in [5, 5.41) is 14.2. The topological polar surface area (TPSA) is 62.2 Å². The van der Waals surface area contributed by atoms with Gasteiger partial charge in [0.1, 0.15) is 9.88 Å². The van der Waals surface area contributed by atoms with E-state index in [-0.39, 0.29) is 12.5 Å². The van der Waals surface area contributed by atoms with Gasteiger partial charge in [0.25, 0.3) is 5.91 Å². The van der Waals surface area contributed by atoms with E-state index in [1.807, 2.05) is 48.5 Å². The molecule has 1 aromatic heterocycles. The summed E-state index contributed by atoms with van der Waals surface area (Å²) in [7, 11) is 0. The predicted octanol–water partition coefficient (Wildman–Crippen LogP) is 4.24. The van der Waals surface area contributed by atoms with Gasteiger partial charge in [-0.25, -0.2) is 4.98 Å². The molecule has 128 valence electrons. The van der Waals surface area contributed by atoms with Gasteiger partial charge in [-0.3, -0.25) is 4.79 Å². The van der Waals surface area contributed by atoms with Gasteiger partial charge in [0, 0.05) is 12.1 Å². The van der Waals surface area contributed by atoms with Crippen molar-refractivity contribution in [2.75, 3.05) is 6.54 Å². The van der Waals surface area contributed by atoms with E-state index in [1.165, 1.54) is 11.3 Å². The first-order valence-electron chi connectivity index (χ1n) is 7.80. The third-order valence-corrected chi connectivity index (χ3v) is 5.27. The number of amides is 1. The fourth-order valence-electron chi connectivity index (χ4n) is 2.42. The van der Waals surface area contributed by atoms with Crippen LogP contribution in [-0.2, 0) is 0 Å². The molecule has 1 heterocycles. The number of nitrogens with zero attached hydrogens (tertiary/aromatic N) is 1. The average molecular weight is 373 g/mol. The maximum absolute atomic E-state index is 12.4. The van der Waals surface area contributed by atoms with E-state index in [0.29, 0.717) is 20.6 Å². The number of thiazole rings is 1. The van der Waals surface area contributed by atoms with E-state index < -0.39 is 6.10 Å². The first-order valence-corrected chi connectivity index (χ1v) is 8.99. The molecular formula is C19H17ClN2O2S. The third kappa shape index (κ3) is 4.07. The van der Waals surface area contributed by atoms with Crippen molar-refractivity contribution in [2.45, 2.75) is 13.0 Å².